The second-order valence-corrected chi connectivity index (χ2v) is 7.38. The minimum atomic E-state index is 0.00899. The van der Waals surface area contributed by atoms with Crippen LogP contribution in [0.15, 0.2) is 29.8 Å². The molecule has 0 radical (unpaired) electrons. The van der Waals surface area contributed by atoms with Gasteiger partial charge >= 0.3 is 0 Å². The van der Waals surface area contributed by atoms with Crippen LogP contribution in [0.4, 0.5) is 0 Å². The topological polar surface area (TPSA) is 38.3 Å². The van der Waals surface area contributed by atoms with E-state index in [1.807, 2.05) is 18.2 Å². The lowest BCUT2D eigenvalue weighted by Gasteiger charge is -2.24. The van der Waals surface area contributed by atoms with Crippen LogP contribution >= 0.6 is 0 Å². The maximum atomic E-state index is 12.3. The molecule has 2 rings (SSSR count). The van der Waals surface area contributed by atoms with E-state index in [4.69, 9.17) is 4.74 Å². The summed E-state index contributed by atoms with van der Waals surface area (Å²) in [7, 11) is 3.37. The molecule has 1 amide bonds. The SMILES string of the molecule is CCCCC(C)C=C1c2ccc(OC)cc2C=C(C(=O)NC)CCC1C. The van der Waals surface area contributed by atoms with Gasteiger partial charge in [-0.2, -0.15) is 0 Å². The van der Waals surface area contributed by atoms with Crippen LogP contribution in [0, 0.1) is 11.8 Å². The molecule has 2 unspecified atom stereocenters. The van der Waals surface area contributed by atoms with E-state index in [9.17, 15) is 4.79 Å². The Bertz CT molecular complexity index is 687. The molecular formula is C23H33NO2. The van der Waals surface area contributed by atoms with Gasteiger partial charge in [0.1, 0.15) is 5.75 Å². The number of likely N-dealkylation sites (N-methyl/N-ethyl adjacent to an activating group) is 1. The third-order valence-corrected chi connectivity index (χ3v) is 5.27. The van der Waals surface area contributed by atoms with Crippen LogP contribution in [0.5, 0.6) is 5.75 Å². The number of amides is 1. The molecule has 0 spiro atoms. The minimum absolute atomic E-state index is 0.00899. The van der Waals surface area contributed by atoms with E-state index in [0.29, 0.717) is 11.8 Å². The number of hydrogen-bond acceptors (Lipinski definition) is 2. The number of carbonyl (C=O) groups excluding carboxylic acids is 1. The van der Waals surface area contributed by atoms with Crippen molar-refractivity contribution in [3.8, 4) is 5.75 Å². The van der Waals surface area contributed by atoms with Gasteiger partial charge in [0.05, 0.1) is 7.11 Å². The van der Waals surface area contributed by atoms with Crippen molar-refractivity contribution in [1.29, 1.82) is 0 Å². The van der Waals surface area contributed by atoms with Crippen molar-refractivity contribution in [3.63, 3.8) is 0 Å². The molecule has 1 aliphatic rings. The Morgan fingerprint density at radius 3 is 2.85 bits per heavy atom. The second-order valence-electron chi connectivity index (χ2n) is 7.38. The van der Waals surface area contributed by atoms with E-state index in [-0.39, 0.29) is 5.91 Å². The van der Waals surface area contributed by atoms with Gasteiger partial charge in [0.25, 0.3) is 0 Å². The Kier molecular flexibility index (Phi) is 7.50. The quantitative estimate of drug-likeness (QED) is 0.735. The standard InChI is InChI=1S/C23H33NO2/c1-6-7-8-16(2)13-22-17(3)9-10-18(23(25)24-4)14-19-15-20(26-5)11-12-21(19)22/h11-17H,6-10H2,1-5H3,(H,24,25). The molecule has 26 heavy (non-hydrogen) atoms. The summed E-state index contributed by atoms with van der Waals surface area (Å²) in [6.45, 7) is 6.83. The van der Waals surface area contributed by atoms with Crippen molar-refractivity contribution in [2.45, 2.75) is 52.9 Å². The van der Waals surface area contributed by atoms with Crippen molar-refractivity contribution in [2.75, 3.05) is 14.2 Å². The predicted molar refractivity (Wildman–Crippen MR) is 110 cm³/mol. The first-order valence-electron chi connectivity index (χ1n) is 9.82. The zero-order valence-corrected chi connectivity index (χ0v) is 16.9. The lowest BCUT2D eigenvalue weighted by Crippen LogP contribution is -2.21. The highest BCUT2D eigenvalue weighted by Gasteiger charge is 2.21. The van der Waals surface area contributed by atoms with Crippen LogP contribution in [0.25, 0.3) is 11.6 Å². The Labute approximate surface area is 158 Å². The Balaban J connectivity index is 2.53. The molecule has 0 saturated heterocycles. The first kappa shape index (κ1) is 20.3. The number of unbranched alkanes of at least 4 members (excludes halogenated alkanes) is 1. The Hall–Kier alpha value is -2.03. The van der Waals surface area contributed by atoms with E-state index in [0.717, 1.165) is 29.7 Å². The third kappa shape index (κ3) is 5.00. The monoisotopic (exact) mass is 355 g/mol. The van der Waals surface area contributed by atoms with E-state index in [2.05, 4.69) is 38.2 Å². The lowest BCUT2D eigenvalue weighted by molar-refractivity contribution is -0.117. The van der Waals surface area contributed by atoms with E-state index in [1.54, 1.807) is 14.2 Å². The number of benzene rings is 1. The van der Waals surface area contributed by atoms with Gasteiger partial charge in [-0.3, -0.25) is 4.79 Å². The molecule has 0 saturated carbocycles. The Morgan fingerprint density at radius 2 is 2.19 bits per heavy atom. The van der Waals surface area contributed by atoms with E-state index >= 15 is 0 Å². The molecule has 1 aromatic rings. The van der Waals surface area contributed by atoms with Gasteiger partial charge < -0.3 is 10.1 Å². The van der Waals surface area contributed by atoms with Crippen LogP contribution < -0.4 is 10.1 Å². The van der Waals surface area contributed by atoms with Crippen LogP contribution in [0.1, 0.15) is 64.0 Å². The molecule has 3 heteroatoms. The molecule has 0 aromatic heterocycles. The van der Waals surface area contributed by atoms with Crippen molar-refractivity contribution in [1.82, 2.24) is 5.32 Å². The maximum Gasteiger partial charge on any atom is 0.246 e. The zero-order chi connectivity index (χ0) is 19.1. The number of rotatable bonds is 6. The van der Waals surface area contributed by atoms with Crippen molar-refractivity contribution in [3.05, 3.63) is 41.0 Å². The average molecular weight is 356 g/mol. The van der Waals surface area contributed by atoms with Crippen LogP contribution in [0.2, 0.25) is 0 Å². The molecule has 1 aliphatic carbocycles. The minimum Gasteiger partial charge on any atom is -0.497 e. The molecule has 0 bridgehead atoms. The fraction of sp³-hybridized carbons (Fsp3) is 0.522. The summed E-state index contributed by atoms with van der Waals surface area (Å²) in [5, 5.41) is 2.77. The third-order valence-electron chi connectivity index (χ3n) is 5.27. The normalized spacial score (nSPS) is 19.8. The van der Waals surface area contributed by atoms with Crippen molar-refractivity contribution in [2.24, 2.45) is 11.8 Å². The van der Waals surface area contributed by atoms with Gasteiger partial charge in [0.15, 0.2) is 0 Å². The van der Waals surface area contributed by atoms with Gasteiger partial charge in [-0.1, -0.05) is 45.8 Å². The van der Waals surface area contributed by atoms with Crippen molar-refractivity contribution >= 4 is 17.6 Å². The number of fused-ring (bicyclic) bond motifs is 1. The number of hydrogen-bond donors (Lipinski definition) is 1. The van der Waals surface area contributed by atoms with Crippen molar-refractivity contribution < 1.29 is 9.53 Å². The molecule has 0 aliphatic heterocycles. The molecule has 0 fully saturated rings. The summed E-state index contributed by atoms with van der Waals surface area (Å²) in [4.78, 5) is 12.3. The Morgan fingerprint density at radius 1 is 1.42 bits per heavy atom. The number of nitrogens with one attached hydrogen (secondary N) is 1. The summed E-state index contributed by atoms with van der Waals surface area (Å²) in [6, 6.07) is 6.21. The van der Waals surface area contributed by atoms with E-state index in [1.165, 1.54) is 30.4 Å². The maximum absolute atomic E-state index is 12.3. The second kappa shape index (κ2) is 9.61. The smallest absolute Gasteiger partial charge is 0.246 e. The first-order chi connectivity index (χ1) is 12.5. The van der Waals surface area contributed by atoms with E-state index < -0.39 is 0 Å². The lowest BCUT2D eigenvalue weighted by atomic mass is 9.81. The first-order valence-corrected chi connectivity index (χ1v) is 9.82. The fourth-order valence-corrected chi connectivity index (χ4v) is 3.61. The molecular weight excluding hydrogens is 322 g/mol. The molecule has 3 nitrogen and oxygen atoms in total. The summed E-state index contributed by atoms with van der Waals surface area (Å²) in [6.07, 6.45) is 9.97. The van der Waals surface area contributed by atoms with Gasteiger partial charge in [0.2, 0.25) is 5.91 Å². The molecule has 2 atom stereocenters. The molecule has 142 valence electrons. The zero-order valence-electron chi connectivity index (χ0n) is 16.9. The highest BCUT2D eigenvalue weighted by Crippen LogP contribution is 2.37. The summed E-state index contributed by atoms with van der Waals surface area (Å²) in [5.41, 5.74) is 4.54. The van der Waals surface area contributed by atoms with Gasteiger partial charge in [-0.05, 0) is 66.0 Å². The summed E-state index contributed by atoms with van der Waals surface area (Å²) >= 11 is 0. The number of carbonyl (C=O) groups is 1. The highest BCUT2D eigenvalue weighted by atomic mass is 16.5. The summed E-state index contributed by atoms with van der Waals surface area (Å²) in [5.74, 6) is 1.81. The predicted octanol–water partition coefficient (Wildman–Crippen LogP) is 5.46. The van der Waals surface area contributed by atoms with Crippen LogP contribution in [-0.2, 0) is 4.79 Å². The average Bonchev–Trinajstić information content (AvgIpc) is 2.65. The van der Waals surface area contributed by atoms with Gasteiger partial charge in [-0.15, -0.1) is 0 Å². The molecule has 1 N–H and O–H groups in total. The molecule has 0 heterocycles. The largest absolute Gasteiger partial charge is 0.497 e. The fourth-order valence-electron chi connectivity index (χ4n) is 3.61. The number of allylic oxidation sites excluding steroid dienone is 2. The van der Waals surface area contributed by atoms with Crippen LogP contribution in [-0.4, -0.2) is 20.1 Å². The van der Waals surface area contributed by atoms with Gasteiger partial charge in [0, 0.05) is 12.6 Å². The highest BCUT2D eigenvalue weighted by molar-refractivity contribution is 5.98. The number of ether oxygens (including phenoxy) is 1. The molecule has 1 aromatic carbocycles. The summed E-state index contributed by atoms with van der Waals surface area (Å²) < 4.78 is 5.42. The van der Waals surface area contributed by atoms with Crippen LogP contribution in [0.3, 0.4) is 0 Å². The number of methoxy groups -OCH3 is 1. The van der Waals surface area contributed by atoms with Gasteiger partial charge in [-0.25, -0.2) is 0 Å².